The number of nitrogens with zero attached hydrogens (tertiary/aromatic N) is 3. The van der Waals surface area contributed by atoms with Crippen molar-refractivity contribution in [3.63, 3.8) is 0 Å². The summed E-state index contributed by atoms with van der Waals surface area (Å²) in [7, 11) is 4.48. The summed E-state index contributed by atoms with van der Waals surface area (Å²) in [5.41, 5.74) is 0.779. The van der Waals surface area contributed by atoms with Crippen LogP contribution in [-0.2, 0) is 44.7 Å². The Kier molecular flexibility index (Phi) is 18.7. The molecule has 2 rings (SSSR count). The molecular weight excluding hydrogens is 729 g/mol. The summed E-state index contributed by atoms with van der Waals surface area (Å²) < 4.78 is 5.69. The predicted octanol–water partition coefficient (Wildman–Crippen LogP) is 3.56. The number of benzene rings is 1. The number of cyclic esters (lactones) is 1. The van der Waals surface area contributed by atoms with Gasteiger partial charge in [-0.1, -0.05) is 105 Å². The number of hydrogen-bond donors (Lipinski definition) is 3. The van der Waals surface area contributed by atoms with Crippen LogP contribution in [0.3, 0.4) is 0 Å². The lowest BCUT2D eigenvalue weighted by Gasteiger charge is -2.39. The Morgan fingerprint density at radius 2 is 1.14 bits per heavy atom. The third-order valence-corrected chi connectivity index (χ3v) is 11.0. The SMILES string of the molecule is CCCC[C@@H]1NC(=O)[C@H](C(C)C)NC(=O)[C@@H](Cc2ccccc2)N(C)C(=O)[C@@H](C(C)C)N(C)C(=O)[C@H](C(C)C)NC(=O)[C@H](C(C)C)N(C)C(=O)[C@H](C)OC(=O)[C@H]1C. The summed E-state index contributed by atoms with van der Waals surface area (Å²) in [5.74, 6) is -6.48. The number of ether oxygens (including phenoxy) is 1. The van der Waals surface area contributed by atoms with Gasteiger partial charge >= 0.3 is 5.97 Å². The van der Waals surface area contributed by atoms with E-state index in [0.717, 1.165) is 12.0 Å². The Hall–Kier alpha value is -4.49. The smallest absolute Gasteiger partial charge is 0.311 e. The van der Waals surface area contributed by atoms with E-state index in [0.29, 0.717) is 12.8 Å². The zero-order chi connectivity index (χ0) is 43.5. The van der Waals surface area contributed by atoms with Crippen LogP contribution in [-0.4, -0.2) is 120 Å². The lowest BCUT2D eigenvalue weighted by atomic mass is 9.94. The lowest BCUT2D eigenvalue weighted by molar-refractivity contribution is -0.164. The highest BCUT2D eigenvalue weighted by Crippen LogP contribution is 2.22. The van der Waals surface area contributed by atoms with Crippen LogP contribution >= 0.6 is 0 Å². The van der Waals surface area contributed by atoms with E-state index in [1.165, 1.54) is 42.8 Å². The first-order valence-corrected chi connectivity index (χ1v) is 20.5. The van der Waals surface area contributed by atoms with Crippen LogP contribution in [0, 0.1) is 29.6 Å². The summed E-state index contributed by atoms with van der Waals surface area (Å²) in [6.07, 6.45) is 0.752. The standard InChI is InChI=1S/C43H70N6O8/c1-15-16-22-31-28(10)43(56)57-29(11)40(53)48(13)35(26(6)7)39(52)46-34(25(4)5)41(54)49(14)36(27(8)9)42(55)47(12)32(23-30-20-18-17-19-21-30)37(50)45-33(24(2)3)38(51)44-31/h17-21,24-29,31-36H,15-16,22-23H2,1-14H3,(H,44,51)(H,45,50)(H,46,52)/t28-,29-,31-,32+,33-,34-,35-,36+/m0/s1. The molecule has 8 atom stereocenters. The highest BCUT2D eigenvalue weighted by Gasteiger charge is 2.42. The maximum Gasteiger partial charge on any atom is 0.311 e. The minimum Gasteiger partial charge on any atom is -0.452 e. The van der Waals surface area contributed by atoms with Gasteiger partial charge in [0.15, 0.2) is 6.10 Å². The van der Waals surface area contributed by atoms with Crippen LogP contribution in [0.25, 0.3) is 0 Å². The van der Waals surface area contributed by atoms with Gasteiger partial charge in [-0.05, 0) is 49.5 Å². The van der Waals surface area contributed by atoms with Crippen LogP contribution in [0.5, 0.6) is 0 Å². The van der Waals surface area contributed by atoms with Crippen LogP contribution < -0.4 is 16.0 Å². The number of carbonyl (C=O) groups is 7. The highest BCUT2D eigenvalue weighted by molar-refractivity contribution is 5.97. The number of nitrogens with one attached hydrogen (secondary N) is 3. The topological polar surface area (TPSA) is 175 Å². The van der Waals surface area contributed by atoms with E-state index in [4.69, 9.17) is 4.74 Å². The second-order valence-electron chi connectivity index (χ2n) is 17.0. The van der Waals surface area contributed by atoms with Crippen LogP contribution in [0.15, 0.2) is 30.3 Å². The molecule has 0 aliphatic carbocycles. The molecular formula is C43H70N6O8. The molecule has 1 aromatic carbocycles. The number of rotatable bonds is 9. The second-order valence-corrected chi connectivity index (χ2v) is 17.0. The zero-order valence-corrected chi connectivity index (χ0v) is 36.8. The second kappa shape index (κ2) is 21.9. The van der Waals surface area contributed by atoms with E-state index in [2.05, 4.69) is 16.0 Å². The van der Waals surface area contributed by atoms with Gasteiger partial charge in [-0.15, -0.1) is 0 Å². The Morgan fingerprint density at radius 1 is 0.614 bits per heavy atom. The molecule has 0 aromatic heterocycles. The minimum absolute atomic E-state index is 0.123. The maximum absolute atomic E-state index is 14.6. The first kappa shape index (κ1) is 48.7. The molecule has 1 heterocycles. The van der Waals surface area contributed by atoms with E-state index >= 15 is 0 Å². The van der Waals surface area contributed by atoms with Crippen molar-refractivity contribution in [3.05, 3.63) is 35.9 Å². The molecule has 3 N–H and O–H groups in total. The predicted molar refractivity (Wildman–Crippen MR) is 219 cm³/mol. The zero-order valence-electron chi connectivity index (χ0n) is 36.8. The van der Waals surface area contributed by atoms with E-state index in [-0.39, 0.29) is 12.3 Å². The summed E-state index contributed by atoms with van der Waals surface area (Å²) in [6, 6.07) is 3.26. The van der Waals surface area contributed by atoms with Crippen LogP contribution in [0.1, 0.15) is 101 Å². The summed E-state index contributed by atoms with van der Waals surface area (Å²) in [6.45, 7) is 19.3. The third-order valence-electron chi connectivity index (χ3n) is 11.0. The molecule has 57 heavy (non-hydrogen) atoms. The molecule has 320 valence electrons. The third kappa shape index (κ3) is 12.8. The Balaban J connectivity index is 2.80. The van der Waals surface area contributed by atoms with Crippen molar-refractivity contribution >= 4 is 41.4 Å². The van der Waals surface area contributed by atoms with E-state index in [9.17, 15) is 33.6 Å². The fraction of sp³-hybridized carbons (Fsp3) is 0.698. The molecule has 0 spiro atoms. The Labute approximate surface area is 340 Å². The molecule has 6 amide bonds. The molecule has 1 aliphatic rings. The van der Waals surface area contributed by atoms with Crippen LogP contribution in [0.4, 0.5) is 0 Å². The van der Waals surface area contributed by atoms with Crippen molar-refractivity contribution in [2.24, 2.45) is 29.6 Å². The Bertz CT molecular complexity index is 1550. The average molecular weight is 799 g/mol. The van der Waals surface area contributed by atoms with Gasteiger partial charge in [-0.3, -0.25) is 33.6 Å². The molecule has 0 unspecified atom stereocenters. The van der Waals surface area contributed by atoms with Gasteiger partial charge in [0.05, 0.1) is 5.92 Å². The van der Waals surface area contributed by atoms with Gasteiger partial charge in [-0.2, -0.15) is 0 Å². The fourth-order valence-corrected chi connectivity index (χ4v) is 7.39. The summed E-state index contributed by atoms with van der Waals surface area (Å²) in [4.78, 5) is 103. The fourth-order valence-electron chi connectivity index (χ4n) is 7.39. The van der Waals surface area contributed by atoms with Crippen LogP contribution in [0.2, 0.25) is 0 Å². The highest BCUT2D eigenvalue weighted by atomic mass is 16.5. The average Bonchev–Trinajstić information content (AvgIpc) is 3.14. The Morgan fingerprint density at radius 3 is 1.65 bits per heavy atom. The van der Waals surface area contributed by atoms with Crippen molar-refractivity contribution < 1.29 is 38.3 Å². The quantitative estimate of drug-likeness (QED) is 0.318. The number of likely N-dealkylation sites (N-methyl/N-ethyl adjacent to an activating group) is 3. The first-order chi connectivity index (χ1) is 26.6. The number of unbranched alkanes of at least 4 members (excludes halogenated alkanes) is 1. The van der Waals surface area contributed by atoms with Crippen molar-refractivity contribution in [1.29, 1.82) is 0 Å². The van der Waals surface area contributed by atoms with Gasteiger partial charge < -0.3 is 35.4 Å². The van der Waals surface area contributed by atoms with Crippen molar-refractivity contribution in [2.75, 3.05) is 21.1 Å². The molecule has 1 aliphatic heterocycles. The monoisotopic (exact) mass is 799 g/mol. The molecule has 0 radical (unpaired) electrons. The largest absolute Gasteiger partial charge is 0.452 e. The number of esters is 1. The van der Waals surface area contributed by atoms with Crippen molar-refractivity contribution in [1.82, 2.24) is 30.7 Å². The van der Waals surface area contributed by atoms with Gasteiger partial charge in [0.25, 0.3) is 5.91 Å². The number of amides is 6. The maximum atomic E-state index is 14.6. The van der Waals surface area contributed by atoms with Crippen molar-refractivity contribution in [3.8, 4) is 0 Å². The van der Waals surface area contributed by atoms with Gasteiger partial charge in [0.2, 0.25) is 29.5 Å². The summed E-state index contributed by atoms with van der Waals surface area (Å²) in [5, 5.41) is 8.76. The summed E-state index contributed by atoms with van der Waals surface area (Å²) >= 11 is 0. The normalized spacial score (nSPS) is 27.3. The molecule has 14 heteroatoms. The van der Waals surface area contributed by atoms with Gasteiger partial charge in [0, 0.05) is 33.6 Å². The molecule has 1 fully saturated rings. The molecule has 0 bridgehead atoms. The number of carbonyl (C=O) groups excluding carboxylic acids is 7. The van der Waals surface area contributed by atoms with Gasteiger partial charge in [0.1, 0.15) is 30.2 Å². The van der Waals surface area contributed by atoms with Gasteiger partial charge in [-0.25, -0.2) is 0 Å². The molecule has 1 aromatic rings. The lowest BCUT2D eigenvalue weighted by Crippen LogP contribution is -2.62. The molecule has 14 nitrogen and oxygen atoms in total. The number of hydrogen-bond acceptors (Lipinski definition) is 8. The van der Waals surface area contributed by atoms with Crippen molar-refractivity contribution in [2.45, 2.75) is 144 Å². The molecule has 1 saturated heterocycles. The van der Waals surface area contributed by atoms with E-state index in [1.807, 2.05) is 37.3 Å². The van der Waals surface area contributed by atoms with E-state index in [1.54, 1.807) is 62.3 Å². The minimum atomic E-state index is -1.27. The van der Waals surface area contributed by atoms with E-state index < -0.39 is 107 Å². The first-order valence-electron chi connectivity index (χ1n) is 20.5. The molecule has 0 saturated carbocycles.